The van der Waals surface area contributed by atoms with Gasteiger partial charge >= 0.3 is 0 Å². The van der Waals surface area contributed by atoms with Crippen LogP contribution in [0.4, 0.5) is 11.4 Å². The molecule has 1 unspecified atom stereocenters. The summed E-state index contributed by atoms with van der Waals surface area (Å²) < 4.78 is 0. The first-order valence-electron chi connectivity index (χ1n) is 8.32. The number of non-ortho nitro benzene ring substituents is 1. The van der Waals surface area contributed by atoms with E-state index in [-0.39, 0.29) is 17.5 Å². The Labute approximate surface area is 151 Å². The Morgan fingerprint density at radius 1 is 1.08 bits per heavy atom. The highest BCUT2D eigenvalue weighted by Crippen LogP contribution is 2.24. The summed E-state index contributed by atoms with van der Waals surface area (Å²) in [6, 6.07) is 12.5. The number of amides is 2. The Morgan fingerprint density at radius 3 is 2.27 bits per heavy atom. The molecule has 1 aliphatic heterocycles. The van der Waals surface area contributed by atoms with Gasteiger partial charge in [0.25, 0.3) is 11.6 Å². The lowest BCUT2D eigenvalue weighted by Gasteiger charge is -2.39. The predicted octanol–water partition coefficient (Wildman–Crippen LogP) is 2.78. The number of nitro benzene ring substituents is 1. The zero-order valence-electron chi connectivity index (χ0n) is 14.6. The van der Waals surface area contributed by atoms with Crippen LogP contribution in [0.5, 0.6) is 0 Å². The zero-order chi connectivity index (χ0) is 18.8. The van der Waals surface area contributed by atoms with Crippen LogP contribution in [0.15, 0.2) is 48.5 Å². The predicted molar refractivity (Wildman–Crippen MR) is 97.1 cm³/mol. The van der Waals surface area contributed by atoms with Crippen LogP contribution in [0.3, 0.4) is 0 Å². The molecule has 7 heteroatoms. The Bertz CT molecular complexity index is 846. The van der Waals surface area contributed by atoms with E-state index in [9.17, 15) is 19.7 Å². The maximum atomic E-state index is 12.7. The summed E-state index contributed by atoms with van der Waals surface area (Å²) in [4.78, 5) is 38.9. The summed E-state index contributed by atoms with van der Waals surface area (Å²) in [5, 5.41) is 10.8. The van der Waals surface area contributed by atoms with Crippen LogP contribution in [0, 0.1) is 17.0 Å². The fraction of sp³-hybridized carbons (Fsp3) is 0.263. The summed E-state index contributed by atoms with van der Waals surface area (Å²) in [5.41, 5.74) is 2.19. The Kier molecular flexibility index (Phi) is 4.71. The van der Waals surface area contributed by atoms with Gasteiger partial charge in [-0.25, -0.2) is 0 Å². The summed E-state index contributed by atoms with van der Waals surface area (Å²) in [6.45, 7) is 4.39. The van der Waals surface area contributed by atoms with Crippen molar-refractivity contribution in [3.63, 3.8) is 0 Å². The van der Waals surface area contributed by atoms with Gasteiger partial charge in [-0.3, -0.25) is 19.7 Å². The molecule has 3 rings (SSSR count). The van der Waals surface area contributed by atoms with Gasteiger partial charge < -0.3 is 9.80 Å². The van der Waals surface area contributed by atoms with E-state index in [1.165, 1.54) is 12.1 Å². The van der Waals surface area contributed by atoms with Crippen molar-refractivity contribution >= 4 is 23.2 Å². The van der Waals surface area contributed by atoms with Gasteiger partial charge in [-0.05, 0) is 38.1 Å². The second-order valence-electron chi connectivity index (χ2n) is 6.30. The molecule has 0 saturated carbocycles. The molecule has 0 radical (unpaired) electrons. The van der Waals surface area contributed by atoms with E-state index in [1.807, 2.05) is 19.1 Å². The Hall–Kier alpha value is -3.22. The number of nitro groups is 1. The monoisotopic (exact) mass is 353 g/mol. The number of hydrogen-bond acceptors (Lipinski definition) is 4. The molecule has 1 fully saturated rings. The SMILES string of the molecule is Cc1ccc(C(=O)N2CCN(c3ccc([N+](=O)[O-])cc3)C(=O)C2C)cc1. The van der Waals surface area contributed by atoms with E-state index in [0.717, 1.165) is 5.56 Å². The first-order valence-corrected chi connectivity index (χ1v) is 8.32. The minimum absolute atomic E-state index is 0.0255. The molecule has 0 bridgehead atoms. The zero-order valence-corrected chi connectivity index (χ0v) is 14.6. The molecule has 1 aliphatic rings. The second kappa shape index (κ2) is 6.95. The number of anilines is 1. The molecular formula is C19H19N3O4. The molecule has 0 aromatic heterocycles. The number of carbonyl (C=O) groups is 2. The van der Waals surface area contributed by atoms with E-state index in [4.69, 9.17) is 0 Å². The van der Waals surface area contributed by atoms with Crippen molar-refractivity contribution in [1.82, 2.24) is 4.90 Å². The van der Waals surface area contributed by atoms with E-state index in [2.05, 4.69) is 0 Å². The van der Waals surface area contributed by atoms with Gasteiger partial charge in [-0.15, -0.1) is 0 Å². The maximum Gasteiger partial charge on any atom is 0.269 e. The topological polar surface area (TPSA) is 83.8 Å². The van der Waals surface area contributed by atoms with Gasteiger partial charge in [-0.1, -0.05) is 17.7 Å². The lowest BCUT2D eigenvalue weighted by Crippen LogP contribution is -2.57. The number of piperazine rings is 1. The summed E-state index contributed by atoms with van der Waals surface area (Å²) in [6.07, 6.45) is 0. The van der Waals surface area contributed by atoms with E-state index >= 15 is 0 Å². The van der Waals surface area contributed by atoms with Gasteiger partial charge in [-0.2, -0.15) is 0 Å². The van der Waals surface area contributed by atoms with Crippen LogP contribution in [-0.2, 0) is 4.79 Å². The van der Waals surface area contributed by atoms with Crippen LogP contribution in [0.2, 0.25) is 0 Å². The molecule has 1 atom stereocenters. The number of rotatable bonds is 3. The number of hydrogen-bond donors (Lipinski definition) is 0. The highest BCUT2D eigenvalue weighted by molar-refractivity contribution is 6.03. The lowest BCUT2D eigenvalue weighted by molar-refractivity contribution is -0.384. The van der Waals surface area contributed by atoms with Crippen molar-refractivity contribution in [3.8, 4) is 0 Å². The summed E-state index contributed by atoms with van der Waals surface area (Å²) >= 11 is 0. The molecule has 26 heavy (non-hydrogen) atoms. The average molecular weight is 353 g/mol. The highest BCUT2D eigenvalue weighted by atomic mass is 16.6. The molecule has 0 spiro atoms. The third-order valence-electron chi connectivity index (χ3n) is 4.59. The molecule has 2 amide bonds. The van der Waals surface area contributed by atoms with Crippen LogP contribution in [-0.4, -0.2) is 40.8 Å². The van der Waals surface area contributed by atoms with Crippen LogP contribution in [0.25, 0.3) is 0 Å². The molecule has 134 valence electrons. The fourth-order valence-corrected chi connectivity index (χ4v) is 3.02. The maximum absolute atomic E-state index is 12.7. The van der Waals surface area contributed by atoms with Crippen LogP contribution in [0.1, 0.15) is 22.8 Å². The third-order valence-corrected chi connectivity index (χ3v) is 4.59. The molecular weight excluding hydrogens is 334 g/mol. The average Bonchev–Trinajstić information content (AvgIpc) is 2.64. The van der Waals surface area contributed by atoms with Gasteiger partial charge in [0.15, 0.2) is 0 Å². The van der Waals surface area contributed by atoms with Crippen molar-refractivity contribution in [3.05, 3.63) is 69.8 Å². The second-order valence-corrected chi connectivity index (χ2v) is 6.30. The summed E-state index contributed by atoms with van der Waals surface area (Å²) in [5.74, 6) is -0.375. The lowest BCUT2D eigenvalue weighted by atomic mass is 10.1. The largest absolute Gasteiger partial charge is 0.325 e. The standard InChI is InChI=1S/C19H19N3O4/c1-13-3-5-15(6-4-13)19(24)20-11-12-21(18(23)14(20)2)16-7-9-17(10-8-16)22(25)26/h3-10,14H,11-12H2,1-2H3. The smallest absolute Gasteiger partial charge is 0.269 e. The molecule has 1 heterocycles. The minimum Gasteiger partial charge on any atom is -0.325 e. The van der Waals surface area contributed by atoms with Crippen LogP contribution < -0.4 is 4.90 Å². The molecule has 0 aliphatic carbocycles. The number of benzene rings is 2. The Morgan fingerprint density at radius 2 is 1.69 bits per heavy atom. The minimum atomic E-state index is -0.604. The summed E-state index contributed by atoms with van der Waals surface area (Å²) in [7, 11) is 0. The number of nitrogens with zero attached hydrogens (tertiary/aromatic N) is 3. The van der Waals surface area contributed by atoms with Crippen molar-refractivity contribution in [2.45, 2.75) is 19.9 Å². The Balaban J connectivity index is 1.76. The first kappa shape index (κ1) is 17.6. The quantitative estimate of drug-likeness (QED) is 0.627. The molecule has 1 saturated heterocycles. The normalized spacial score (nSPS) is 17.3. The van der Waals surface area contributed by atoms with Gasteiger partial charge in [0.05, 0.1) is 4.92 Å². The van der Waals surface area contributed by atoms with Crippen molar-refractivity contribution < 1.29 is 14.5 Å². The molecule has 7 nitrogen and oxygen atoms in total. The number of carbonyl (C=O) groups excluding carboxylic acids is 2. The third kappa shape index (κ3) is 3.28. The van der Waals surface area contributed by atoms with Crippen molar-refractivity contribution in [2.75, 3.05) is 18.0 Å². The number of aryl methyl sites for hydroxylation is 1. The molecule has 0 N–H and O–H groups in total. The fourth-order valence-electron chi connectivity index (χ4n) is 3.02. The van der Waals surface area contributed by atoms with Gasteiger partial charge in [0, 0.05) is 36.5 Å². The van der Waals surface area contributed by atoms with Gasteiger partial charge in [0.2, 0.25) is 5.91 Å². The van der Waals surface area contributed by atoms with Crippen LogP contribution >= 0.6 is 0 Å². The molecule has 2 aromatic carbocycles. The van der Waals surface area contributed by atoms with E-state index in [1.54, 1.807) is 41.0 Å². The van der Waals surface area contributed by atoms with Crippen molar-refractivity contribution in [2.24, 2.45) is 0 Å². The molecule has 2 aromatic rings. The van der Waals surface area contributed by atoms with Crippen molar-refractivity contribution in [1.29, 1.82) is 0 Å². The van der Waals surface area contributed by atoms with E-state index in [0.29, 0.717) is 24.3 Å². The van der Waals surface area contributed by atoms with Gasteiger partial charge in [0.1, 0.15) is 6.04 Å². The first-order chi connectivity index (χ1) is 12.4. The highest BCUT2D eigenvalue weighted by Gasteiger charge is 2.35. The van der Waals surface area contributed by atoms with E-state index < -0.39 is 11.0 Å².